The van der Waals surface area contributed by atoms with E-state index in [1.165, 1.54) is 21.7 Å². The van der Waals surface area contributed by atoms with Crippen molar-refractivity contribution < 1.29 is 0 Å². The Morgan fingerprint density at radius 2 is 2.00 bits per heavy atom. The molecule has 0 aliphatic carbocycles. The summed E-state index contributed by atoms with van der Waals surface area (Å²) in [5, 5.41) is 1.22. The highest BCUT2D eigenvalue weighted by Gasteiger charge is 2.18. The number of aromatic nitrogens is 1. The van der Waals surface area contributed by atoms with Crippen molar-refractivity contribution in [2.75, 3.05) is 6.54 Å². The Morgan fingerprint density at radius 3 is 2.67 bits per heavy atom. The number of hydrogen-bond donors (Lipinski definition) is 1. The SMILES string of the molecule is CC(C)(C)c1nc2ccc(CCCCN)cc2s1. The second-order valence-corrected chi connectivity index (χ2v) is 6.85. The lowest BCUT2D eigenvalue weighted by Gasteiger charge is -2.13. The van der Waals surface area contributed by atoms with E-state index in [2.05, 4.69) is 39.0 Å². The number of benzene rings is 1. The van der Waals surface area contributed by atoms with E-state index >= 15 is 0 Å². The Hall–Kier alpha value is -0.930. The fourth-order valence-corrected chi connectivity index (χ4v) is 3.01. The van der Waals surface area contributed by atoms with Gasteiger partial charge in [0.15, 0.2) is 0 Å². The van der Waals surface area contributed by atoms with Crippen LogP contribution in [0.25, 0.3) is 10.2 Å². The van der Waals surface area contributed by atoms with Crippen molar-refractivity contribution >= 4 is 21.6 Å². The van der Waals surface area contributed by atoms with Gasteiger partial charge in [0, 0.05) is 5.41 Å². The zero-order valence-electron chi connectivity index (χ0n) is 11.5. The van der Waals surface area contributed by atoms with Crippen LogP contribution < -0.4 is 5.73 Å². The van der Waals surface area contributed by atoms with Crippen LogP contribution in [-0.2, 0) is 11.8 Å². The molecule has 0 aliphatic rings. The van der Waals surface area contributed by atoms with Gasteiger partial charge in [-0.3, -0.25) is 0 Å². The van der Waals surface area contributed by atoms with Gasteiger partial charge in [-0.05, 0) is 43.5 Å². The van der Waals surface area contributed by atoms with Crippen LogP contribution >= 0.6 is 11.3 Å². The van der Waals surface area contributed by atoms with E-state index in [4.69, 9.17) is 10.7 Å². The number of nitrogens with zero attached hydrogens (tertiary/aromatic N) is 1. The molecule has 0 spiro atoms. The number of nitrogens with two attached hydrogens (primary N) is 1. The van der Waals surface area contributed by atoms with E-state index in [0.29, 0.717) is 0 Å². The van der Waals surface area contributed by atoms with Crippen LogP contribution in [0, 0.1) is 0 Å². The molecule has 2 nitrogen and oxygen atoms in total. The van der Waals surface area contributed by atoms with E-state index < -0.39 is 0 Å². The van der Waals surface area contributed by atoms with E-state index in [9.17, 15) is 0 Å². The first-order valence-corrected chi connectivity index (χ1v) is 7.42. The third-order valence-electron chi connectivity index (χ3n) is 3.01. The van der Waals surface area contributed by atoms with Crippen LogP contribution in [0.2, 0.25) is 0 Å². The van der Waals surface area contributed by atoms with Crippen molar-refractivity contribution in [3.05, 3.63) is 28.8 Å². The van der Waals surface area contributed by atoms with Crippen LogP contribution in [0.1, 0.15) is 44.2 Å². The lowest BCUT2D eigenvalue weighted by molar-refractivity contribution is 0.587. The van der Waals surface area contributed by atoms with E-state index in [1.54, 1.807) is 0 Å². The first-order valence-electron chi connectivity index (χ1n) is 6.61. The molecule has 0 radical (unpaired) electrons. The van der Waals surface area contributed by atoms with Gasteiger partial charge in [0.05, 0.1) is 15.2 Å². The zero-order valence-corrected chi connectivity index (χ0v) is 12.3. The monoisotopic (exact) mass is 262 g/mol. The first-order chi connectivity index (χ1) is 8.50. The van der Waals surface area contributed by atoms with Gasteiger partial charge in [-0.25, -0.2) is 4.98 Å². The molecule has 1 heterocycles. The van der Waals surface area contributed by atoms with E-state index in [-0.39, 0.29) is 5.41 Å². The highest BCUT2D eigenvalue weighted by Crippen LogP contribution is 2.31. The van der Waals surface area contributed by atoms with E-state index in [1.807, 2.05) is 11.3 Å². The van der Waals surface area contributed by atoms with Gasteiger partial charge in [0.25, 0.3) is 0 Å². The fraction of sp³-hybridized carbons (Fsp3) is 0.533. The highest BCUT2D eigenvalue weighted by atomic mass is 32.1. The first kappa shape index (κ1) is 13.5. The lowest BCUT2D eigenvalue weighted by Crippen LogP contribution is -2.09. The molecule has 0 saturated carbocycles. The fourth-order valence-electron chi connectivity index (χ4n) is 1.92. The highest BCUT2D eigenvalue weighted by molar-refractivity contribution is 7.18. The largest absolute Gasteiger partial charge is 0.330 e. The number of unbranched alkanes of at least 4 members (excludes halogenated alkanes) is 1. The number of fused-ring (bicyclic) bond motifs is 1. The van der Waals surface area contributed by atoms with Gasteiger partial charge in [-0.2, -0.15) is 0 Å². The molecule has 3 heteroatoms. The summed E-state index contributed by atoms with van der Waals surface area (Å²) >= 11 is 1.82. The summed E-state index contributed by atoms with van der Waals surface area (Å²) in [6, 6.07) is 6.64. The normalized spacial score (nSPS) is 12.2. The maximum Gasteiger partial charge on any atom is 0.0992 e. The Kier molecular flexibility index (Phi) is 4.03. The van der Waals surface area contributed by atoms with Gasteiger partial charge in [-0.15, -0.1) is 11.3 Å². The minimum atomic E-state index is 0.142. The minimum absolute atomic E-state index is 0.142. The average Bonchev–Trinajstić information content (AvgIpc) is 2.72. The van der Waals surface area contributed by atoms with E-state index in [0.717, 1.165) is 24.9 Å². The smallest absolute Gasteiger partial charge is 0.0992 e. The van der Waals surface area contributed by atoms with Crippen LogP contribution in [0.3, 0.4) is 0 Å². The van der Waals surface area contributed by atoms with Crippen LogP contribution in [0.15, 0.2) is 18.2 Å². The molecule has 2 rings (SSSR count). The predicted molar refractivity (Wildman–Crippen MR) is 80.3 cm³/mol. The van der Waals surface area contributed by atoms with Crippen molar-refractivity contribution in [3.8, 4) is 0 Å². The lowest BCUT2D eigenvalue weighted by atomic mass is 9.98. The summed E-state index contributed by atoms with van der Waals surface area (Å²) in [6.07, 6.45) is 3.40. The molecule has 0 aliphatic heterocycles. The van der Waals surface area contributed by atoms with Gasteiger partial charge < -0.3 is 5.73 Å². The summed E-state index contributed by atoms with van der Waals surface area (Å²) in [4.78, 5) is 4.72. The molecule has 1 aromatic carbocycles. The Morgan fingerprint density at radius 1 is 1.22 bits per heavy atom. The summed E-state index contributed by atoms with van der Waals surface area (Å²) in [5.41, 5.74) is 8.20. The second kappa shape index (κ2) is 5.37. The Bertz CT molecular complexity index is 523. The molecule has 0 bridgehead atoms. The molecule has 0 unspecified atom stereocenters. The number of aryl methyl sites for hydroxylation is 1. The molecule has 0 saturated heterocycles. The molecular formula is C15H22N2S. The molecule has 98 valence electrons. The van der Waals surface area contributed by atoms with Crippen molar-refractivity contribution in [3.63, 3.8) is 0 Å². The molecule has 0 amide bonds. The van der Waals surface area contributed by atoms with Crippen LogP contribution in [-0.4, -0.2) is 11.5 Å². The Balaban J connectivity index is 2.23. The molecule has 18 heavy (non-hydrogen) atoms. The predicted octanol–water partition coefficient (Wildman–Crippen LogP) is 3.88. The number of rotatable bonds is 4. The topological polar surface area (TPSA) is 38.9 Å². The summed E-state index contributed by atoms with van der Waals surface area (Å²) < 4.78 is 1.31. The molecule has 0 fully saturated rings. The van der Waals surface area contributed by atoms with Gasteiger partial charge in [0.1, 0.15) is 0 Å². The molecule has 0 atom stereocenters. The molecule has 1 aromatic heterocycles. The molecule has 2 N–H and O–H groups in total. The number of hydrogen-bond acceptors (Lipinski definition) is 3. The van der Waals surface area contributed by atoms with Gasteiger partial charge in [0.2, 0.25) is 0 Å². The average molecular weight is 262 g/mol. The summed E-state index contributed by atoms with van der Waals surface area (Å²) in [5.74, 6) is 0. The van der Waals surface area contributed by atoms with Crippen molar-refractivity contribution in [1.29, 1.82) is 0 Å². The quantitative estimate of drug-likeness (QED) is 0.849. The van der Waals surface area contributed by atoms with Crippen molar-refractivity contribution in [1.82, 2.24) is 4.98 Å². The molecule has 2 aromatic rings. The number of thiazole rings is 1. The summed E-state index contributed by atoms with van der Waals surface area (Å²) in [7, 11) is 0. The third-order valence-corrected chi connectivity index (χ3v) is 4.46. The van der Waals surface area contributed by atoms with Gasteiger partial charge in [-0.1, -0.05) is 26.8 Å². The standard InChI is InChI=1S/C15H22N2S/c1-15(2,3)14-17-12-8-7-11(6-4-5-9-16)10-13(12)18-14/h7-8,10H,4-6,9,16H2,1-3H3. The third kappa shape index (κ3) is 3.09. The van der Waals surface area contributed by atoms with Crippen LogP contribution in [0.5, 0.6) is 0 Å². The van der Waals surface area contributed by atoms with Gasteiger partial charge >= 0.3 is 0 Å². The van der Waals surface area contributed by atoms with Crippen molar-refractivity contribution in [2.24, 2.45) is 5.73 Å². The Labute approximate surface area is 113 Å². The second-order valence-electron chi connectivity index (χ2n) is 5.82. The maximum absolute atomic E-state index is 5.53. The van der Waals surface area contributed by atoms with Crippen molar-refractivity contribution in [2.45, 2.75) is 45.4 Å². The molecular weight excluding hydrogens is 240 g/mol. The zero-order chi connectivity index (χ0) is 13.2. The minimum Gasteiger partial charge on any atom is -0.330 e. The maximum atomic E-state index is 5.53. The van der Waals surface area contributed by atoms with Crippen LogP contribution in [0.4, 0.5) is 0 Å². The summed E-state index contributed by atoms with van der Waals surface area (Å²) in [6.45, 7) is 7.43.